The zero-order valence-electron chi connectivity index (χ0n) is 6.41. The van der Waals surface area contributed by atoms with Gasteiger partial charge in [0.05, 0.1) is 0 Å². The van der Waals surface area contributed by atoms with Gasteiger partial charge in [-0.25, -0.2) is 0 Å². The van der Waals surface area contributed by atoms with E-state index in [2.05, 4.69) is 5.32 Å². The smallest absolute Gasteiger partial charge is 0.180 e. The summed E-state index contributed by atoms with van der Waals surface area (Å²) in [4.78, 5) is 11.2. The Kier molecular flexibility index (Phi) is 1.62. The van der Waals surface area contributed by atoms with Crippen LogP contribution in [0.5, 0.6) is 0 Å². The molecule has 0 spiro atoms. The van der Waals surface area contributed by atoms with Gasteiger partial charge in [-0.3, -0.25) is 10.1 Å². The third-order valence-corrected chi connectivity index (χ3v) is 1.91. The molecule has 64 valence electrons. The minimum absolute atomic E-state index is 0.0480. The number of aliphatic hydroxyl groups excluding tert-OH is 1. The van der Waals surface area contributed by atoms with Gasteiger partial charge in [0.25, 0.3) is 0 Å². The van der Waals surface area contributed by atoms with Crippen molar-refractivity contribution in [1.29, 1.82) is 0 Å². The standard InChI is InChI=1S/C8H9NO3/c10-5-1-2-6(11)8-7(5)9-3-4-12-8/h1-2,7,9,11H,3-4H2. The van der Waals surface area contributed by atoms with E-state index in [0.29, 0.717) is 18.9 Å². The van der Waals surface area contributed by atoms with E-state index in [9.17, 15) is 9.90 Å². The second kappa shape index (κ2) is 2.64. The Morgan fingerprint density at radius 1 is 1.58 bits per heavy atom. The molecule has 1 unspecified atom stereocenters. The van der Waals surface area contributed by atoms with Crippen molar-refractivity contribution in [3.63, 3.8) is 0 Å². The first-order valence-corrected chi connectivity index (χ1v) is 3.80. The van der Waals surface area contributed by atoms with Crippen LogP contribution in [-0.4, -0.2) is 30.1 Å². The predicted molar refractivity (Wildman–Crippen MR) is 41.5 cm³/mol. The molecule has 1 aliphatic carbocycles. The summed E-state index contributed by atoms with van der Waals surface area (Å²) in [6, 6.07) is -0.469. The van der Waals surface area contributed by atoms with Crippen LogP contribution in [0.3, 0.4) is 0 Å². The van der Waals surface area contributed by atoms with E-state index >= 15 is 0 Å². The van der Waals surface area contributed by atoms with Crippen LogP contribution in [-0.2, 0) is 9.53 Å². The minimum Gasteiger partial charge on any atom is -0.504 e. The Morgan fingerprint density at radius 3 is 3.17 bits per heavy atom. The van der Waals surface area contributed by atoms with Gasteiger partial charge in [0.15, 0.2) is 17.3 Å². The zero-order chi connectivity index (χ0) is 8.55. The maximum absolute atomic E-state index is 11.2. The Balaban J connectivity index is 2.34. The number of morpholine rings is 1. The van der Waals surface area contributed by atoms with Crippen molar-refractivity contribution in [2.24, 2.45) is 0 Å². The Bertz CT molecular complexity index is 280. The molecule has 1 fully saturated rings. The van der Waals surface area contributed by atoms with Crippen LogP contribution in [0, 0.1) is 0 Å². The van der Waals surface area contributed by atoms with Gasteiger partial charge in [-0.05, 0) is 12.2 Å². The van der Waals surface area contributed by atoms with Crippen molar-refractivity contribution < 1.29 is 14.6 Å². The molecule has 4 heteroatoms. The summed E-state index contributed by atoms with van der Waals surface area (Å²) < 4.78 is 5.16. The van der Waals surface area contributed by atoms with Crippen molar-refractivity contribution in [3.8, 4) is 0 Å². The molecule has 0 radical (unpaired) electrons. The molecule has 12 heavy (non-hydrogen) atoms. The van der Waals surface area contributed by atoms with E-state index in [1.54, 1.807) is 0 Å². The number of hydrogen-bond acceptors (Lipinski definition) is 4. The average Bonchev–Trinajstić information content (AvgIpc) is 2.12. The summed E-state index contributed by atoms with van der Waals surface area (Å²) in [6.07, 6.45) is 2.71. The summed E-state index contributed by atoms with van der Waals surface area (Å²) in [6.45, 7) is 1.14. The molecule has 1 atom stereocenters. The van der Waals surface area contributed by atoms with Gasteiger partial charge in [-0.2, -0.15) is 0 Å². The van der Waals surface area contributed by atoms with E-state index in [1.807, 2.05) is 0 Å². The molecule has 1 saturated heterocycles. The number of aliphatic hydroxyl groups is 1. The Morgan fingerprint density at radius 2 is 2.42 bits per heavy atom. The third-order valence-electron chi connectivity index (χ3n) is 1.91. The highest BCUT2D eigenvalue weighted by Gasteiger charge is 2.30. The van der Waals surface area contributed by atoms with E-state index in [-0.39, 0.29) is 11.5 Å². The fourth-order valence-electron chi connectivity index (χ4n) is 1.33. The van der Waals surface area contributed by atoms with Crippen LogP contribution in [0.2, 0.25) is 0 Å². The number of carbonyl (C=O) groups excluding carboxylic acids is 1. The van der Waals surface area contributed by atoms with Crippen LogP contribution in [0.15, 0.2) is 23.7 Å². The quantitative estimate of drug-likeness (QED) is 0.528. The number of ketones is 1. The molecule has 0 saturated carbocycles. The first-order valence-electron chi connectivity index (χ1n) is 3.80. The maximum atomic E-state index is 11.2. The lowest BCUT2D eigenvalue weighted by atomic mass is 10.0. The summed E-state index contributed by atoms with van der Waals surface area (Å²) in [5, 5.41) is 12.3. The number of ether oxygens (including phenoxy) is 1. The van der Waals surface area contributed by atoms with Gasteiger partial charge in [0, 0.05) is 6.54 Å². The second-order valence-corrected chi connectivity index (χ2v) is 2.72. The largest absolute Gasteiger partial charge is 0.504 e. The summed E-state index contributed by atoms with van der Waals surface area (Å²) in [7, 11) is 0. The minimum atomic E-state index is -0.469. The summed E-state index contributed by atoms with van der Waals surface area (Å²) >= 11 is 0. The first-order chi connectivity index (χ1) is 5.79. The van der Waals surface area contributed by atoms with Crippen LogP contribution < -0.4 is 5.32 Å². The average molecular weight is 167 g/mol. The molecule has 1 heterocycles. The number of fused-ring (bicyclic) bond motifs is 1. The molecular formula is C8H9NO3. The molecule has 1 aliphatic heterocycles. The van der Waals surface area contributed by atoms with Crippen LogP contribution in [0.1, 0.15) is 0 Å². The molecular weight excluding hydrogens is 158 g/mol. The lowest BCUT2D eigenvalue weighted by Crippen LogP contribution is -2.46. The van der Waals surface area contributed by atoms with Crippen molar-refractivity contribution in [3.05, 3.63) is 23.7 Å². The van der Waals surface area contributed by atoms with Gasteiger partial charge in [-0.15, -0.1) is 0 Å². The molecule has 0 aromatic carbocycles. The predicted octanol–water partition coefficient (Wildman–Crippen LogP) is -0.117. The molecule has 2 N–H and O–H groups in total. The van der Waals surface area contributed by atoms with Crippen molar-refractivity contribution in [1.82, 2.24) is 5.32 Å². The van der Waals surface area contributed by atoms with E-state index in [1.165, 1.54) is 12.2 Å². The SMILES string of the molecule is O=C1C=CC(O)=C2OCCNC12. The van der Waals surface area contributed by atoms with Crippen molar-refractivity contribution in [2.75, 3.05) is 13.2 Å². The van der Waals surface area contributed by atoms with Gasteiger partial charge in [0.2, 0.25) is 0 Å². The highest BCUT2D eigenvalue weighted by Crippen LogP contribution is 2.18. The lowest BCUT2D eigenvalue weighted by molar-refractivity contribution is -0.117. The molecule has 0 aromatic heterocycles. The maximum Gasteiger partial charge on any atom is 0.180 e. The van der Waals surface area contributed by atoms with Crippen LogP contribution in [0.25, 0.3) is 0 Å². The number of nitrogens with one attached hydrogen (secondary N) is 1. The monoisotopic (exact) mass is 167 g/mol. The Hall–Kier alpha value is -1.29. The van der Waals surface area contributed by atoms with E-state index in [0.717, 1.165) is 0 Å². The zero-order valence-corrected chi connectivity index (χ0v) is 6.41. The molecule has 0 amide bonds. The highest BCUT2D eigenvalue weighted by molar-refractivity contribution is 5.98. The normalized spacial score (nSPS) is 28.3. The van der Waals surface area contributed by atoms with Crippen molar-refractivity contribution >= 4 is 5.78 Å². The lowest BCUT2D eigenvalue weighted by Gasteiger charge is -2.27. The summed E-state index contributed by atoms with van der Waals surface area (Å²) in [5.41, 5.74) is 0. The van der Waals surface area contributed by atoms with Crippen molar-refractivity contribution in [2.45, 2.75) is 6.04 Å². The third kappa shape index (κ3) is 1.00. The van der Waals surface area contributed by atoms with Crippen LogP contribution in [0.4, 0.5) is 0 Å². The fourth-order valence-corrected chi connectivity index (χ4v) is 1.33. The topological polar surface area (TPSA) is 58.6 Å². The van der Waals surface area contributed by atoms with Gasteiger partial charge < -0.3 is 9.84 Å². The van der Waals surface area contributed by atoms with E-state index < -0.39 is 6.04 Å². The number of hydrogen-bond donors (Lipinski definition) is 2. The molecule has 4 nitrogen and oxygen atoms in total. The second-order valence-electron chi connectivity index (χ2n) is 2.72. The fraction of sp³-hybridized carbons (Fsp3) is 0.375. The summed E-state index contributed by atoms with van der Waals surface area (Å²) in [5.74, 6) is 0.336. The number of allylic oxidation sites excluding steroid dienone is 1. The Labute approximate surface area is 69.5 Å². The number of rotatable bonds is 0. The van der Waals surface area contributed by atoms with Gasteiger partial charge in [0.1, 0.15) is 12.6 Å². The molecule has 0 aromatic rings. The molecule has 0 bridgehead atoms. The van der Waals surface area contributed by atoms with Gasteiger partial charge >= 0.3 is 0 Å². The van der Waals surface area contributed by atoms with Crippen LogP contribution >= 0.6 is 0 Å². The highest BCUT2D eigenvalue weighted by atomic mass is 16.5. The molecule has 2 aliphatic rings. The van der Waals surface area contributed by atoms with E-state index in [4.69, 9.17) is 4.74 Å². The van der Waals surface area contributed by atoms with Gasteiger partial charge in [-0.1, -0.05) is 0 Å². The first kappa shape index (κ1) is 7.36. The number of carbonyl (C=O) groups is 1. The molecule has 2 rings (SSSR count).